The van der Waals surface area contributed by atoms with Crippen LogP contribution in [0.25, 0.3) is 0 Å². The molecule has 0 aliphatic rings. The normalized spacial score (nSPS) is 9.15. The zero-order valence-electron chi connectivity index (χ0n) is 7.80. The molecule has 0 aliphatic heterocycles. The predicted molar refractivity (Wildman–Crippen MR) is 60.4 cm³/mol. The van der Waals surface area contributed by atoms with Crippen LogP contribution in [-0.2, 0) is 0 Å². The number of rotatable bonds is 2. The minimum atomic E-state index is -0.0538. The lowest BCUT2D eigenvalue weighted by molar-refractivity contribution is 1.10. The summed E-state index contributed by atoms with van der Waals surface area (Å²) in [5.74, 6) is 0. The summed E-state index contributed by atoms with van der Waals surface area (Å²) in [6.07, 6.45) is 1.95. The number of hydrogen-bond acceptors (Lipinski definition) is 3. The molecule has 0 fully saturated rings. The number of hydrogen-bond donors (Lipinski definition) is 2. The molecule has 0 spiro atoms. The second-order valence-electron chi connectivity index (χ2n) is 2.47. The van der Waals surface area contributed by atoms with Crippen LogP contribution in [0.1, 0.15) is 5.69 Å². The van der Waals surface area contributed by atoms with Crippen LogP contribution >= 0.6 is 24.2 Å². The van der Waals surface area contributed by atoms with Crippen LogP contribution < -0.4 is 10.9 Å². The Morgan fingerprint density at radius 3 is 2.62 bits per heavy atom. The van der Waals surface area contributed by atoms with Gasteiger partial charge >= 0.3 is 0 Å². The van der Waals surface area contributed by atoms with Crippen molar-refractivity contribution >= 4 is 29.9 Å². The van der Waals surface area contributed by atoms with Gasteiger partial charge in [-0.1, -0.05) is 0 Å². The van der Waals surface area contributed by atoms with E-state index < -0.39 is 0 Å². The fourth-order valence-electron chi connectivity index (χ4n) is 1.06. The van der Waals surface area contributed by atoms with Gasteiger partial charge < -0.3 is 10.3 Å². The van der Waals surface area contributed by atoms with Crippen molar-refractivity contribution < 1.29 is 0 Å². The molecule has 0 radical (unpaired) electrons. The highest BCUT2D eigenvalue weighted by molar-refractivity contribution is 7.98. The minimum Gasteiger partial charge on any atom is -0.383 e. The molecule has 0 aliphatic carbocycles. The highest BCUT2D eigenvalue weighted by Crippen LogP contribution is 2.21. The number of aromatic amines is 1. The maximum Gasteiger partial charge on any atom is 0.272 e. The fourth-order valence-corrected chi connectivity index (χ4v) is 1.75. The summed E-state index contributed by atoms with van der Waals surface area (Å²) in [4.78, 5) is 15.0. The molecule has 3 nitrogen and oxygen atoms in total. The van der Waals surface area contributed by atoms with Gasteiger partial charge in [-0.05, 0) is 19.2 Å². The van der Waals surface area contributed by atoms with Crippen LogP contribution in [0.2, 0.25) is 0 Å². The van der Waals surface area contributed by atoms with E-state index in [2.05, 4.69) is 10.3 Å². The molecule has 1 aromatic heterocycles. The number of aryl methyl sites for hydroxylation is 1. The Bertz CT molecular complexity index is 337. The smallest absolute Gasteiger partial charge is 0.272 e. The number of H-pyrrole nitrogens is 1. The second kappa shape index (κ2) is 5.19. The van der Waals surface area contributed by atoms with Crippen molar-refractivity contribution in [3.05, 3.63) is 22.1 Å². The van der Waals surface area contributed by atoms with E-state index >= 15 is 0 Å². The van der Waals surface area contributed by atoms with E-state index in [1.165, 1.54) is 0 Å². The third-order valence-corrected chi connectivity index (χ3v) is 2.36. The highest BCUT2D eigenvalue weighted by Gasteiger charge is 2.04. The van der Waals surface area contributed by atoms with E-state index in [0.717, 1.165) is 10.6 Å². The largest absolute Gasteiger partial charge is 0.383 e. The Kier molecular flexibility index (Phi) is 4.95. The lowest BCUT2D eigenvalue weighted by Gasteiger charge is -2.05. The standard InChI is InChI=1S/C8H12N2OS.ClH/c1-5-4-6(12-3)7(9-2)8(11)10-5;/h4,9H,1-3H3,(H,10,11);1H. The molecule has 0 aromatic carbocycles. The summed E-state index contributed by atoms with van der Waals surface area (Å²) < 4.78 is 0. The second-order valence-corrected chi connectivity index (χ2v) is 3.32. The molecule has 2 N–H and O–H groups in total. The summed E-state index contributed by atoms with van der Waals surface area (Å²) in [5.41, 5.74) is 1.48. The van der Waals surface area contributed by atoms with Gasteiger partial charge in [0.15, 0.2) is 0 Å². The van der Waals surface area contributed by atoms with Crippen molar-refractivity contribution in [3.8, 4) is 0 Å². The zero-order valence-corrected chi connectivity index (χ0v) is 9.44. The first-order valence-electron chi connectivity index (χ1n) is 3.64. The number of nitrogens with one attached hydrogen (secondary N) is 2. The Morgan fingerprint density at radius 2 is 2.15 bits per heavy atom. The lowest BCUT2D eigenvalue weighted by atomic mass is 10.3. The van der Waals surface area contributed by atoms with Crippen LogP contribution in [0.5, 0.6) is 0 Å². The van der Waals surface area contributed by atoms with Gasteiger partial charge in [0.2, 0.25) is 0 Å². The van der Waals surface area contributed by atoms with E-state index in [1.54, 1.807) is 18.8 Å². The molecule has 1 aromatic rings. The number of anilines is 1. The van der Waals surface area contributed by atoms with Crippen LogP contribution in [-0.4, -0.2) is 18.3 Å². The van der Waals surface area contributed by atoms with Gasteiger partial charge in [0.05, 0.1) is 0 Å². The first kappa shape index (κ1) is 12.4. The summed E-state index contributed by atoms with van der Waals surface area (Å²) in [7, 11) is 1.75. The van der Waals surface area contributed by atoms with Gasteiger partial charge in [0.1, 0.15) is 5.69 Å². The molecule has 0 amide bonds. The van der Waals surface area contributed by atoms with Gasteiger partial charge in [0.25, 0.3) is 5.56 Å². The van der Waals surface area contributed by atoms with Gasteiger partial charge in [0, 0.05) is 17.6 Å². The molecule has 0 bridgehead atoms. The van der Waals surface area contributed by atoms with Crippen molar-refractivity contribution in [2.75, 3.05) is 18.6 Å². The van der Waals surface area contributed by atoms with E-state index in [0.29, 0.717) is 5.69 Å². The molecule has 0 saturated carbocycles. The molecular weight excluding hydrogens is 208 g/mol. The molecule has 1 heterocycles. The van der Waals surface area contributed by atoms with Crippen molar-refractivity contribution in [3.63, 3.8) is 0 Å². The van der Waals surface area contributed by atoms with Gasteiger partial charge in [-0.15, -0.1) is 24.2 Å². The van der Waals surface area contributed by atoms with Gasteiger partial charge in [-0.25, -0.2) is 0 Å². The van der Waals surface area contributed by atoms with Crippen molar-refractivity contribution in [2.24, 2.45) is 0 Å². The predicted octanol–water partition coefficient (Wildman–Crippen LogP) is 1.87. The van der Waals surface area contributed by atoms with Crippen molar-refractivity contribution in [2.45, 2.75) is 11.8 Å². The topological polar surface area (TPSA) is 44.9 Å². The molecule has 0 unspecified atom stereocenters. The first-order valence-corrected chi connectivity index (χ1v) is 4.87. The molecular formula is C8H13ClN2OS. The molecule has 0 atom stereocenters. The number of pyridine rings is 1. The molecule has 13 heavy (non-hydrogen) atoms. The maximum atomic E-state index is 11.3. The third kappa shape index (κ3) is 2.67. The monoisotopic (exact) mass is 220 g/mol. The highest BCUT2D eigenvalue weighted by atomic mass is 35.5. The number of halogens is 1. The third-order valence-electron chi connectivity index (χ3n) is 1.60. The quantitative estimate of drug-likeness (QED) is 0.748. The van der Waals surface area contributed by atoms with E-state index in [4.69, 9.17) is 0 Å². The van der Waals surface area contributed by atoms with E-state index in [9.17, 15) is 4.79 Å². The minimum absolute atomic E-state index is 0. The number of aromatic nitrogens is 1. The summed E-state index contributed by atoms with van der Waals surface area (Å²) in [5, 5.41) is 2.88. The first-order chi connectivity index (χ1) is 5.69. The Balaban J connectivity index is 0.00000144. The zero-order chi connectivity index (χ0) is 9.14. The average Bonchev–Trinajstić information content (AvgIpc) is 2.03. The summed E-state index contributed by atoms with van der Waals surface area (Å²) >= 11 is 1.57. The Hall–Kier alpha value is -0.610. The average molecular weight is 221 g/mol. The number of thioether (sulfide) groups is 1. The molecule has 1 rings (SSSR count). The molecule has 0 saturated heterocycles. The molecule has 74 valence electrons. The van der Waals surface area contributed by atoms with Crippen LogP contribution in [0.4, 0.5) is 5.69 Å². The summed E-state index contributed by atoms with van der Waals surface area (Å²) in [6.45, 7) is 1.88. The lowest BCUT2D eigenvalue weighted by Crippen LogP contribution is -2.13. The van der Waals surface area contributed by atoms with E-state index in [1.807, 2.05) is 19.2 Å². The SMILES string of the molecule is CNc1c(SC)cc(C)[nH]c1=O.Cl. The van der Waals surface area contributed by atoms with Gasteiger partial charge in [-0.2, -0.15) is 0 Å². The van der Waals surface area contributed by atoms with Crippen LogP contribution in [0.15, 0.2) is 15.8 Å². The van der Waals surface area contributed by atoms with Gasteiger partial charge in [-0.3, -0.25) is 4.79 Å². The van der Waals surface area contributed by atoms with Crippen molar-refractivity contribution in [1.29, 1.82) is 0 Å². The summed E-state index contributed by atoms with van der Waals surface area (Å²) in [6, 6.07) is 1.96. The Morgan fingerprint density at radius 1 is 1.54 bits per heavy atom. The maximum absolute atomic E-state index is 11.3. The van der Waals surface area contributed by atoms with Crippen molar-refractivity contribution in [1.82, 2.24) is 4.98 Å². The Labute approximate surface area is 87.7 Å². The van der Waals surface area contributed by atoms with Crippen LogP contribution in [0.3, 0.4) is 0 Å². The fraction of sp³-hybridized carbons (Fsp3) is 0.375. The molecule has 5 heteroatoms. The van der Waals surface area contributed by atoms with E-state index in [-0.39, 0.29) is 18.0 Å². The van der Waals surface area contributed by atoms with Crippen LogP contribution in [0, 0.1) is 6.92 Å².